The molecule has 3 nitrogen and oxygen atoms in total. The maximum absolute atomic E-state index is 6.11. The van der Waals surface area contributed by atoms with E-state index in [1.54, 1.807) is 0 Å². The summed E-state index contributed by atoms with van der Waals surface area (Å²) >= 11 is 9.53. The number of benzene rings is 4. The van der Waals surface area contributed by atoms with E-state index in [2.05, 4.69) is 111 Å². The van der Waals surface area contributed by atoms with E-state index in [0.717, 1.165) is 59.1 Å². The molecule has 1 aliphatic rings. The minimum absolute atomic E-state index is 0.524. The first-order valence-corrected chi connectivity index (χ1v) is 12.8. The van der Waals surface area contributed by atoms with E-state index in [1.807, 2.05) is 6.07 Å². The molecule has 0 amide bonds. The van der Waals surface area contributed by atoms with E-state index in [4.69, 9.17) is 17.0 Å². The van der Waals surface area contributed by atoms with Gasteiger partial charge in [0.15, 0.2) is 0 Å². The Hall–Kier alpha value is -2.73. The molecular formula is C29H27BrN2OS. The highest BCUT2D eigenvalue weighted by atomic mass is 79.9. The van der Waals surface area contributed by atoms with Crippen molar-refractivity contribution >= 4 is 43.9 Å². The molecule has 0 aliphatic carbocycles. The van der Waals surface area contributed by atoms with Gasteiger partial charge in [-0.3, -0.25) is 4.90 Å². The summed E-state index contributed by atoms with van der Waals surface area (Å²) in [4.78, 5) is 5.71. The molecule has 4 aromatic rings. The first kappa shape index (κ1) is 23.0. The molecule has 1 saturated heterocycles. The summed E-state index contributed by atoms with van der Waals surface area (Å²) in [6.45, 7) is 5.45. The number of halogens is 1. The number of thiocarbonyl (C=S) groups is 1. The van der Waals surface area contributed by atoms with Crippen LogP contribution in [0.15, 0.2) is 95.5 Å². The van der Waals surface area contributed by atoms with Gasteiger partial charge in [0.25, 0.3) is 0 Å². The quantitative estimate of drug-likeness (QED) is 0.258. The van der Waals surface area contributed by atoms with Crippen molar-refractivity contribution in [1.82, 2.24) is 9.80 Å². The van der Waals surface area contributed by atoms with E-state index < -0.39 is 0 Å². The lowest BCUT2D eigenvalue weighted by Crippen LogP contribution is -2.48. The third kappa shape index (κ3) is 5.49. The molecule has 4 aromatic carbocycles. The lowest BCUT2D eigenvalue weighted by molar-refractivity contribution is 0.177. The Morgan fingerprint density at radius 3 is 2.26 bits per heavy atom. The molecular weight excluding hydrogens is 504 g/mol. The number of nitrogens with zero attached hydrogens (tertiary/aromatic N) is 2. The monoisotopic (exact) mass is 530 g/mol. The van der Waals surface area contributed by atoms with Crippen molar-refractivity contribution < 1.29 is 4.74 Å². The Morgan fingerprint density at radius 2 is 1.50 bits per heavy atom. The third-order valence-electron chi connectivity index (χ3n) is 6.30. The van der Waals surface area contributed by atoms with Crippen LogP contribution < -0.4 is 4.74 Å². The van der Waals surface area contributed by atoms with Gasteiger partial charge in [-0.25, -0.2) is 0 Å². The van der Waals surface area contributed by atoms with Gasteiger partial charge in [0.05, 0.1) is 4.47 Å². The van der Waals surface area contributed by atoms with Crippen LogP contribution in [0.1, 0.15) is 16.7 Å². The molecule has 1 fully saturated rings. The summed E-state index contributed by atoms with van der Waals surface area (Å²) in [7, 11) is 0. The molecule has 5 rings (SSSR count). The van der Waals surface area contributed by atoms with E-state index in [0.29, 0.717) is 6.61 Å². The highest BCUT2D eigenvalue weighted by Gasteiger charge is 2.20. The molecule has 1 aliphatic heterocycles. The summed E-state index contributed by atoms with van der Waals surface area (Å²) in [6.07, 6.45) is 0. The van der Waals surface area contributed by atoms with Gasteiger partial charge >= 0.3 is 0 Å². The molecule has 0 spiro atoms. The molecule has 172 valence electrons. The molecule has 0 radical (unpaired) electrons. The standard InChI is InChI=1S/C29H27BrN2OS/c30-27-19-26(29(34)32-16-14-31(15-17-32)20-22-6-2-1-3-7-22)12-13-28(27)33-21-23-10-11-24-8-4-5-9-25(24)18-23/h1-13,18-19H,14-17,20-21H2. The van der Waals surface area contributed by atoms with Crippen molar-refractivity contribution in [3.8, 4) is 5.75 Å². The van der Waals surface area contributed by atoms with E-state index in [1.165, 1.54) is 16.3 Å². The Bertz CT molecular complexity index is 1290. The van der Waals surface area contributed by atoms with Crippen LogP contribution in [-0.4, -0.2) is 41.0 Å². The minimum atomic E-state index is 0.524. The van der Waals surface area contributed by atoms with Gasteiger partial charge in [-0.15, -0.1) is 0 Å². The van der Waals surface area contributed by atoms with Crippen molar-refractivity contribution in [2.45, 2.75) is 13.2 Å². The Balaban J connectivity index is 1.17. The summed E-state index contributed by atoms with van der Waals surface area (Å²) in [5, 5.41) is 2.47. The smallest absolute Gasteiger partial charge is 0.134 e. The number of fused-ring (bicyclic) bond motifs is 1. The van der Waals surface area contributed by atoms with Gasteiger partial charge in [-0.2, -0.15) is 0 Å². The van der Waals surface area contributed by atoms with Gasteiger partial charge < -0.3 is 9.64 Å². The highest BCUT2D eigenvalue weighted by molar-refractivity contribution is 9.10. The second kappa shape index (κ2) is 10.7. The topological polar surface area (TPSA) is 15.7 Å². The van der Waals surface area contributed by atoms with Crippen LogP contribution in [0.3, 0.4) is 0 Å². The van der Waals surface area contributed by atoms with E-state index >= 15 is 0 Å². The van der Waals surface area contributed by atoms with Gasteiger partial charge in [0.2, 0.25) is 0 Å². The summed E-state index contributed by atoms with van der Waals surface area (Å²) in [6, 6.07) is 31.7. The van der Waals surface area contributed by atoms with Crippen LogP contribution in [0.4, 0.5) is 0 Å². The van der Waals surface area contributed by atoms with Crippen molar-refractivity contribution in [3.05, 3.63) is 112 Å². The van der Waals surface area contributed by atoms with E-state index in [-0.39, 0.29) is 0 Å². The van der Waals surface area contributed by atoms with Crippen LogP contribution in [-0.2, 0) is 13.2 Å². The van der Waals surface area contributed by atoms with Crippen molar-refractivity contribution in [3.63, 3.8) is 0 Å². The lowest BCUT2D eigenvalue weighted by atomic mass is 10.1. The average Bonchev–Trinajstić information content (AvgIpc) is 2.88. The molecule has 0 unspecified atom stereocenters. The first-order valence-electron chi connectivity index (χ1n) is 11.6. The molecule has 5 heteroatoms. The predicted octanol–water partition coefficient (Wildman–Crippen LogP) is 6.67. The van der Waals surface area contributed by atoms with Crippen LogP contribution in [0, 0.1) is 0 Å². The number of ether oxygens (including phenoxy) is 1. The van der Waals surface area contributed by atoms with Gasteiger partial charge in [0, 0.05) is 38.3 Å². The van der Waals surface area contributed by atoms with Gasteiger partial charge in [-0.1, -0.05) is 78.9 Å². The van der Waals surface area contributed by atoms with Crippen LogP contribution in [0.25, 0.3) is 10.8 Å². The van der Waals surface area contributed by atoms with Crippen LogP contribution in [0.2, 0.25) is 0 Å². The van der Waals surface area contributed by atoms with Crippen molar-refractivity contribution in [1.29, 1.82) is 0 Å². The maximum Gasteiger partial charge on any atom is 0.134 e. The largest absolute Gasteiger partial charge is 0.488 e. The predicted molar refractivity (Wildman–Crippen MR) is 147 cm³/mol. The molecule has 0 N–H and O–H groups in total. The molecule has 34 heavy (non-hydrogen) atoms. The molecule has 1 heterocycles. The van der Waals surface area contributed by atoms with Crippen LogP contribution >= 0.6 is 28.1 Å². The number of piperazine rings is 1. The third-order valence-corrected chi connectivity index (χ3v) is 7.41. The lowest BCUT2D eigenvalue weighted by Gasteiger charge is -2.36. The fourth-order valence-electron chi connectivity index (χ4n) is 4.37. The van der Waals surface area contributed by atoms with Gasteiger partial charge in [-0.05, 0) is 62.1 Å². The summed E-state index contributed by atoms with van der Waals surface area (Å²) in [5.74, 6) is 0.826. The van der Waals surface area contributed by atoms with E-state index in [9.17, 15) is 0 Å². The zero-order valence-electron chi connectivity index (χ0n) is 19.0. The normalized spacial score (nSPS) is 14.3. The summed E-state index contributed by atoms with van der Waals surface area (Å²) in [5.41, 5.74) is 3.57. The Labute approximate surface area is 215 Å². The van der Waals surface area contributed by atoms with Crippen LogP contribution in [0.5, 0.6) is 5.75 Å². The van der Waals surface area contributed by atoms with Crippen molar-refractivity contribution in [2.75, 3.05) is 26.2 Å². The number of rotatable bonds is 6. The van der Waals surface area contributed by atoms with Crippen molar-refractivity contribution in [2.24, 2.45) is 0 Å². The molecule has 0 aromatic heterocycles. The SMILES string of the molecule is S=C(c1ccc(OCc2ccc3ccccc3c2)c(Br)c1)N1CCN(Cc2ccccc2)CC1. The Morgan fingerprint density at radius 1 is 0.765 bits per heavy atom. The maximum atomic E-state index is 6.11. The fraction of sp³-hybridized carbons (Fsp3) is 0.207. The molecule has 0 atom stereocenters. The average molecular weight is 532 g/mol. The Kier molecular flexibility index (Phi) is 7.24. The zero-order valence-corrected chi connectivity index (χ0v) is 21.4. The fourth-order valence-corrected chi connectivity index (χ4v) is 5.18. The summed E-state index contributed by atoms with van der Waals surface area (Å²) < 4.78 is 7.04. The molecule has 0 saturated carbocycles. The highest BCUT2D eigenvalue weighted by Crippen LogP contribution is 2.28. The second-order valence-electron chi connectivity index (χ2n) is 8.67. The number of hydrogen-bond donors (Lipinski definition) is 0. The second-order valence-corrected chi connectivity index (χ2v) is 9.91. The number of hydrogen-bond acceptors (Lipinski definition) is 3. The first-order chi connectivity index (χ1) is 16.7. The molecule has 0 bridgehead atoms. The minimum Gasteiger partial charge on any atom is -0.488 e. The zero-order chi connectivity index (χ0) is 23.3. The van der Waals surface area contributed by atoms with Gasteiger partial charge in [0.1, 0.15) is 17.3 Å².